The van der Waals surface area contributed by atoms with Gasteiger partial charge in [0.25, 0.3) is 5.91 Å². The van der Waals surface area contributed by atoms with Crippen LogP contribution in [0.1, 0.15) is 36.8 Å². The number of carbonyl (C=O) groups is 1. The molecule has 0 aliphatic carbocycles. The van der Waals surface area contributed by atoms with Crippen LogP contribution in [0.5, 0.6) is 0 Å². The molecule has 1 N–H and O–H groups in total. The zero-order valence-electron chi connectivity index (χ0n) is 20.0. The van der Waals surface area contributed by atoms with Gasteiger partial charge in [-0.3, -0.25) is 9.69 Å². The fourth-order valence-electron chi connectivity index (χ4n) is 4.92. The van der Waals surface area contributed by atoms with E-state index >= 15 is 0 Å². The van der Waals surface area contributed by atoms with Gasteiger partial charge >= 0.3 is 0 Å². The van der Waals surface area contributed by atoms with Crippen LogP contribution in [0, 0.1) is 5.92 Å². The fraction of sp³-hybridized carbons (Fsp3) is 0.464. The summed E-state index contributed by atoms with van der Waals surface area (Å²) < 4.78 is 12.1. The van der Waals surface area contributed by atoms with E-state index in [4.69, 9.17) is 9.47 Å². The molecule has 2 aromatic carbocycles. The van der Waals surface area contributed by atoms with Crippen molar-refractivity contribution in [2.45, 2.75) is 38.5 Å². The number of benzene rings is 2. The zero-order chi connectivity index (χ0) is 23.8. The van der Waals surface area contributed by atoms with Crippen LogP contribution in [0.15, 0.2) is 72.5 Å². The molecule has 182 valence electrons. The molecule has 2 heterocycles. The first-order valence-corrected chi connectivity index (χ1v) is 12.4. The highest BCUT2D eigenvalue weighted by atomic mass is 16.7. The lowest BCUT2D eigenvalue weighted by atomic mass is 9.80. The highest BCUT2D eigenvalue weighted by molar-refractivity contribution is 5.92. The number of hydrogen-bond acceptors (Lipinski definition) is 5. The number of aliphatic hydroxyl groups is 1. The summed E-state index contributed by atoms with van der Waals surface area (Å²) in [5, 5.41) is 9.43. The average Bonchev–Trinajstić information content (AvgIpc) is 2.89. The first-order chi connectivity index (χ1) is 16.7. The Kier molecular flexibility index (Phi) is 8.74. The van der Waals surface area contributed by atoms with Crippen molar-refractivity contribution in [3.63, 3.8) is 0 Å². The van der Waals surface area contributed by atoms with E-state index in [1.165, 1.54) is 5.56 Å². The zero-order valence-corrected chi connectivity index (χ0v) is 20.0. The van der Waals surface area contributed by atoms with Crippen molar-refractivity contribution >= 4 is 5.91 Å². The Morgan fingerprint density at radius 3 is 2.35 bits per heavy atom. The van der Waals surface area contributed by atoms with Gasteiger partial charge < -0.3 is 19.5 Å². The second kappa shape index (κ2) is 12.2. The molecular formula is C28H36N2O4. The van der Waals surface area contributed by atoms with Gasteiger partial charge in [0.2, 0.25) is 6.29 Å². The van der Waals surface area contributed by atoms with Crippen LogP contribution >= 0.6 is 0 Å². The van der Waals surface area contributed by atoms with Gasteiger partial charge in [0, 0.05) is 57.8 Å². The van der Waals surface area contributed by atoms with Gasteiger partial charge in [-0.1, -0.05) is 60.7 Å². The predicted molar refractivity (Wildman–Crippen MR) is 132 cm³/mol. The highest BCUT2D eigenvalue weighted by Gasteiger charge is 2.39. The van der Waals surface area contributed by atoms with Crippen molar-refractivity contribution in [2.24, 2.45) is 5.92 Å². The number of aliphatic hydroxyl groups excluding tert-OH is 1. The molecule has 4 rings (SSSR count). The number of piperazine rings is 1. The van der Waals surface area contributed by atoms with Gasteiger partial charge in [-0.05, 0) is 37.0 Å². The number of carbonyl (C=O) groups excluding carboxylic acids is 1. The Hall–Kier alpha value is -2.67. The van der Waals surface area contributed by atoms with E-state index in [0.29, 0.717) is 31.9 Å². The first-order valence-electron chi connectivity index (χ1n) is 12.4. The molecule has 1 saturated heterocycles. The van der Waals surface area contributed by atoms with E-state index in [-0.39, 0.29) is 24.3 Å². The molecule has 6 heteroatoms. The lowest BCUT2D eigenvalue weighted by molar-refractivity contribution is -0.171. The van der Waals surface area contributed by atoms with E-state index in [2.05, 4.69) is 41.3 Å². The molecule has 1 amide bonds. The quantitative estimate of drug-likeness (QED) is 0.612. The summed E-state index contributed by atoms with van der Waals surface area (Å²) in [4.78, 5) is 17.8. The summed E-state index contributed by atoms with van der Waals surface area (Å²) in [5.41, 5.74) is 2.43. The van der Waals surface area contributed by atoms with Gasteiger partial charge in [-0.25, -0.2) is 0 Å². The van der Waals surface area contributed by atoms with E-state index in [9.17, 15) is 9.90 Å². The van der Waals surface area contributed by atoms with Gasteiger partial charge in [0.15, 0.2) is 5.76 Å². The molecule has 0 saturated carbocycles. The van der Waals surface area contributed by atoms with Crippen LogP contribution in [0.2, 0.25) is 0 Å². The molecule has 2 aliphatic heterocycles. The summed E-state index contributed by atoms with van der Waals surface area (Å²) in [5.74, 6) is 0.347. The van der Waals surface area contributed by atoms with Crippen molar-refractivity contribution in [2.75, 3.05) is 39.4 Å². The van der Waals surface area contributed by atoms with Gasteiger partial charge in [-0.15, -0.1) is 0 Å². The Bertz CT molecular complexity index is 926. The van der Waals surface area contributed by atoms with Crippen molar-refractivity contribution in [3.8, 4) is 0 Å². The van der Waals surface area contributed by atoms with Crippen LogP contribution in [-0.2, 0) is 20.8 Å². The third-order valence-electron chi connectivity index (χ3n) is 6.72. The van der Waals surface area contributed by atoms with Crippen LogP contribution in [0.3, 0.4) is 0 Å². The number of allylic oxidation sites excluding steroid dienone is 1. The number of nitrogens with zero attached hydrogens (tertiary/aromatic N) is 2. The van der Waals surface area contributed by atoms with Gasteiger partial charge in [-0.2, -0.15) is 0 Å². The molecule has 2 aromatic rings. The summed E-state index contributed by atoms with van der Waals surface area (Å²) in [7, 11) is 0. The third-order valence-corrected chi connectivity index (χ3v) is 6.72. The largest absolute Gasteiger partial charge is 0.459 e. The van der Waals surface area contributed by atoms with Crippen LogP contribution < -0.4 is 0 Å². The summed E-state index contributed by atoms with van der Waals surface area (Å²) in [6.07, 6.45) is 2.90. The Morgan fingerprint density at radius 2 is 1.71 bits per heavy atom. The molecule has 0 radical (unpaired) electrons. The van der Waals surface area contributed by atoms with E-state index in [0.717, 1.165) is 31.6 Å². The molecular weight excluding hydrogens is 428 g/mol. The number of rotatable bonds is 9. The third kappa shape index (κ3) is 6.06. The van der Waals surface area contributed by atoms with Crippen LogP contribution in [0.4, 0.5) is 0 Å². The Balaban J connectivity index is 1.48. The van der Waals surface area contributed by atoms with Crippen molar-refractivity contribution in [1.82, 2.24) is 9.80 Å². The van der Waals surface area contributed by atoms with E-state index in [1.807, 2.05) is 42.2 Å². The Labute approximate surface area is 202 Å². The van der Waals surface area contributed by atoms with Crippen LogP contribution in [0.25, 0.3) is 0 Å². The molecule has 0 bridgehead atoms. The monoisotopic (exact) mass is 464 g/mol. The highest BCUT2D eigenvalue weighted by Crippen LogP contribution is 2.39. The second-order valence-electron chi connectivity index (χ2n) is 8.99. The average molecular weight is 465 g/mol. The first kappa shape index (κ1) is 24.5. The maximum absolute atomic E-state index is 13.5. The summed E-state index contributed by atoms with van der Waals surface area (Å²) in [6.45, 7) is 6.49. The number of hydrogen-bond donors (Lipinski definition) is 1. The number of amides is 1. The maximum Gasteiger partial charge on any atom is 0.288 e. The van der Waals surface area contributed by atoms with Crippen molar-refractivity contribution < 1.29 is 19.4 Å². The molecule has 2 aliphatic rings. The predicted octanol–water partition coefficient (Wildman–Crippen LogP) is 3.78. The topological polar surface area (TPSA) is 62.2 Å². The van der Waals surface area contributed by atoms with Crippen molar-refractivity contribution in [1.29, 1.82) is 0 Å². The fourth-order valence-corrected chi connectivity index (χ4v) is 4.92. The van der Waals surface area contributed by atoms with Gasteiger partial charge in [0.1, 0.15) is 0 Å². The van der Waals surface area contributed by atoms with Crippen molar-refractivity contribution in [3.05, 3.63) is 83.6 Å². The Morgan fingerprint density at radius 1 is 1.03 bits per heavy atom. The lowest BCUT2D eigenvalue weighted by Gasteiger charge is -2.39. The molecule has 0 aromatic heterocycles. The van der Waals surface area contributed by atoms with E-state index < -0.39 is 6.29 Å². The smallest absolute Gasteiger partial charge is 0.288 e. The minimum absolute atomic E-state index is 0.00336. The van der Waals surface area contributed by atoms with Crippen LogP contribution in [-0.4, -0.2) is 66.5 Å². The molecule has 34 heavy (non-hydrogen) atoms. The molecule has 3 atom stereocenters. The molecule has 0 unspecified atom stereocenters. The minimum atomic E-state index is -0.509. The number of ether oxygens (including phenoxy) is 2. The maximum atomic E-state index is 13.5. The minimum Gasteiger partial charge on any atom is -0.459 e. The molecule has 6 nitrogen and oxygen atoms in total. The SMILES string of the molecule is CCO[C@@H]1OC(C(=O)N2CCN(Cc3ccccc3)CC2)=C[C@H](c2ccccc2)[C@H]1CCCO. The lowest BCUT2D eigenvalue weighted by Crippen LogP contribution is -2.49. The second-order valence-corrected chi connectivity index (χ2v) is 8.99. The normalized spacial score (nSPS) is 23.3. The summed E-state index contributed by atoms with van der Waals surface area (Å²) >= 11 is 0. The van der Waals surface area contributed by atoms with E-state index in [1.54, 1.807) is 0 Å². The van der Waals surface area contributed by atoms with Gasteiger partial charge in [0.05, 0.1) is 0 Å². The molecule has 1 fully saturated rings. The molecule has 0 spiro atoms. The summed E-state index contributed by atoms with van der Waals surface area (Å²) in [6, 6.07) is 20.7. The standard InChI is InChI=1S/C28H36N2O4/c1-2-33-28-24(14-9-19-31)25(23-12-7-4-8-13-23)20-26(34-28)27(32)30-17-15-29(16-18-30)21-22-10-5-3-6-11-22/h3-8,10-13,20,24-25,28,31H,2,9,14-19,21H2,1H3/t24-,25-,28-/m1/s1.